The van der Waals surface area contributed by atoms with E-state index in [1.54, 1.807) is 42.7 Å². The summed E-state index contributed by atoms with van der Waals surface area (Å²) in [7, 11) is 0. The fourth-order valence-electron chi connectivity index (χ4n) is 3.11. The molecule has 0 atom stereocenters. The van der Waals surface area contributed by atoms with Gasteiger partial charge in [-0.2, -0.15) is 0 Å². The Morgan fingerprint density at radius 1 is 1.00 bits per heavy atom. The van der Waals surface area contributed by atoms with Gasteiger partial charge in [0, 0.05) is 41.9 Å². The summed E-state index contributed by atoms with van der Waals surface area (Å²) in [5.41, 5.74) is 1.01. The highest BCUT2D eigenvalue weighted by molar-refractivity contribution is 6.37. The first-order chi connectivity index (χ1) is 15.9. The molecular formula is C24H15Cl2F2N3O2. The molecule has 0 aliphatic rings. The summed E-state index contributed by atoms with van der Waals surface area (Å²) in [6.45, 7) is 0.0881. The highest BCUT2D eigenvalue weighted by Gasteiger charge is 2.17. The van der Waals surface area contributed by atoms with Crippen molar-refractivity contribution in [2.24, 2.45) is 5.16 Å². The molecule has 0 unspecified atom stereocenters. The van der Waals surface area contributed by atoms with Crippen molar-refractivity contribution in [2.45, 2.75) is 6.61 Å². The Balaban J connectivity index is 1.82. The summed E-state index contributed by atoms with van der Waals surface area (Å²) in [5, 5.41) is 4.62. The van der Waals surface area contributed by atoms with E-state index in [-0.39, 0.29) is 33.6 Å². The largest absolute Gasteiger partial charge is 0.390 e. The third kappa shape index (κ3) is 5.10. The maximum Gasteiger partial charge on any atom is 0.255 e. The van der Waals surface area contributed by atoms with E-state index < -0.39 is 17.2 Å². The van der Waals surface area contributed by atoms with Crippen LogP contribution < -0.4 is 5.56 Å². The highest BCUT2D eigenvalue weighted by Crippen LogP contribution is 2.28. The number of para-hydroxylation sites is 1. The van der Waals surface area contributed by atoms with Crippen LogP contribution in [0.5, 0.6) is 0 Å². The zero-order chi connectivity index (χ0) is 23.4. The second-order valence-corrected chi connectivity index (χ2v) is 7.70. The van der Waals surface area contributed by atoms with Crippen LogP contribution in [0, 0.1) is 11.6 Å². The summed E-state index contributed by atoms with van der Waals surface area (Å²) in [6.07, 6.45) is 4.63. The van der Waals surface area contributed by atoms with Gasteiger partial charge in [-0.15, -0.1) is 0 Å². The van der Waals surface area contributed by atoms with Gasteiger partial charge in [0.1, 0.15) is 24.0 Å². The molecule has 0 aliphatic heterocycles. The molecule has 2 aromatic carbocycles. The van der Waals surface area contributed by atoms with E-state index in [9.17, 15) is 13.6 Å². The van der Waals surface area contributed by atoms with Crippen molar-refractivity contribution in [3.05, 3.63) is 128 Å². The smallest absolute Gasteiger partial charge is 0.255 e. The molecule has 0 aliphatic carbocycles. The van der Waals surface area contributed by atoms with Crippen LogP contribution in [-0.2, 0) is 11.4 Å². The van der Waals surface area contributed by atoms with Gasteiger partial charge in [0.25, 0.3) is 5.56 Å². The van der Waals surface area contributed by atoms with Crippen molar-refractivity contribution in [1.82, 2.24) is 9.55 Å². The monoisotopic (exact) mass is 485 g/mol. The SMILES string of the molecule is O=c1ccc(C(=NOCc2ccncc2)c2ccc(F)cc2F)cn1-c1c(Cl)cccc1Cl. The molecule has 0 spiro atoms. The number of halogens is 4. The lowest BCUT2D eigenvalue weighted by molar-refractivity contribution is 0.130. The Hall–Kier alpha value is -3.55. The summed E-state index contributed by atoms with van der Waals surface area (Å²) in [5.74, 6) is -1.57. The minimum absolute atomic E-state index is 0.0124. The lowest BCUT2D eigenvalue weighted by Crippen LogP contribution is -2.20. The fourth-order valence-corrected chi connectivity index (χ4v) is 3.69. The van der Waals surface area contributed by atoms with Gasteiger partial charge in [-0.3, -0.25) is 14.3 Å². The van der Waals surface area contributed by atoms with Crippen molar-refractivity contribution in [1.29, 1.82) is 0 Å². The Bertz CT molecular complexity index is 1370. The van der Waals surface area contributed by atoms with Crippen LogP contribution in [0.3, 0.4) is 0 Å². The van der Waals surface area contributed by atoms with E-state index in [4.69, 9.17) is 28.0 Å². The van der Waals surface area contributed by atoms with Crippen molar-refractivity contribution >= 4 is 28.9 Å². The third-order valence-electron chi connectivity index (χ3n) is 4.69. The van der Waals surface area contributed by atoms with E-state index in [0.717, 1.165) is 17.7 Å². The second kappa shape index (κ2) is 9.94. The Kier molecular flexibility index (Phi) is 6.82. The lowest BCUT2D eigenvalue weighted by atomic mass is 10.0. The quantitative estimate of drug-likeness (QED) is 0.256. The molecule has 0 saturated carbocycles. The topological polar surface area (TPSA) is 56.5 Å². The van der Waals surface area contributed by atoms with Gasteiger partial charge >= 0.3 is 0 Å². The fraction of sp³-hybridized carbons (Fsp3) is 0.0417. The van der Waals surface area contributed by atoms with Crippen molar-refractivity contribution < 1.29 is 13.6 Å². The Morgan fingerprint density at radius 3 is 2.42 bits per heavy atom. The number of nitrogens with zero attached hydrogens (tertiary/aromatic N) is 3. The molecule has 0 radical (unpaired) electrons. The molecule has 4 rings (SSSR count). The number of rotatable bonds is 6. The molecule has 0 N–H and O–H groups in total. The molecule has 2 heterocycles. The van der Waals surface area contributed by atoms with Gasteiger partial charge in [0.2, 0.25) is 0 Å². The maximum atomic E-state index is 14.7. The molecule has 0 amide bonds. The predicted molar refractivity (Wildman–Crippen MR) is 123 cm³/mol. The first-order valence-electron chi connectivity index (χ1n) is 9.66. The summed E-state index contributed by atoms with van der Waals surface area (Å²) >= 11 is 12.5. The molecule has 2 aromatic heterocycles. The van der Waals surface area contributed by atoms with Gasteiger partial charge in [0.05, 0.1) is 15.7 Å². The molecule has 0 fully saturated rings. The van der Waals surface area contributed by atoms with Crippen LogP contribution in [0.1, 0.15) is 16.7 Å². The number of hydrogen-bond donors (Lipinski definition) is 0. The summed E-state index contributed by atoms with van der Waals surface area (Å²) in [6, 6.07) is 14.2. The second-order valence-electron chi connectivity index (χ2n) is 6.89. The van der Waals surface area contributed by atoms with Crippen LogP contribution in [0.2, 0.25) is 10.0 Å². The molecule has 33 heavy (non-hydrogen) atoms. The molecule has 0 saturated heterocycles. The number of pyridine rings is 2. The molecule has 9 heteroatoms. The van der Waals surface area contributed by atoms with Crippen LogP contribution >= 0.6 is 23.2 Å². The molecule has 0 bridgehead atoms. The van der Waals surface area contributed by atoms with E-state index in [2.05, 4.69) is 10.1 Å². The summed E-state index contributed by atoms with van der Waals surface area (Å²) in [4.78, 5) is 22.0. The average Bonchev–Trinajstić information content (AvgIpc) is 2.79. The first kappa shape index (κ1) is 22.6. The van der Waals surface area contributed by atoms with Gasteiger partial charge in [0.15, 0.2) is 0 Å². The minimum Gasteiger partial charge on any atom is -0.390 e. The zero-order valence-corrected chi connectivity index (χ0v) is 18.4. The van der Waals surface area contributed by atoms with Crippen molar-refractivity contribution in [2.75, 3.05) is 0 Å². The van der Waals surface area contributed by atoms with Gasteiger partial charge in [-0.05, 0) is 48.0 Å². The van der Waals surface area contributed by atoms with Crippen LogP contribution in [-0.4, -0.2) is 15.3 Å². The molecule has 4 aromatic rings. The van der Waals surface area contributed by atoms with E-state index in [1.807, 2.05) is 0 Å². The maximum absolute atomic E-state index is 14.7. The van der Waals surface area contributed by atoms with Crippen LogP contribution in [0.4, 0.5) is 8.78 Å². The van der Waals surface area contributed by atoms with Crippen molar-refractivity contribution in [3.8, 4) is 5.69 Å². The van der Waals surface area contributed by atoms with E-state index in [1.165, 1.54) is 29.0 Å². The van der Waals surface area contributed by atoms with Crippen molar-refractivity contribution in [3.63, 3.8) is 0 Å². The van der Waals surface area contributed by atoms with Crippen LogP contribution in [0.15, 0.2) is 89.2 Å². The number of benzene rings is 2. The van der Waals surface area contributed by atoms with Crippen LogP contribution in [0.25, 0.3) is 5.69 Å². The number of oxime groups is 1. The van der Waals surface area contributed by atoms with E-state index >= 15 is 0 Å². The lowest BCUT2D eigenvalue weighted by Gasteiger charge is -2.13. The van der Waals surface area contributed by atoms with Gasteiger partial charge < -0.3 is 4.84 Å². The standard InChI is InChI=1S/C24H15Cl2F2N3O2/c25-19-2-1-3-20(26)24(19)31-13-16(4-7-22(31)32)23(18-6-5-17(27)12-21(18)28)30-33-14-15-8-10-29-11-9-15/h1-13H,14H2. The average molecular weight is 486 g/mol. The number of aromatic nitrogens is 2. The predicted octanol–water partition coefficient (Wildman–Crippen LogP) is 5.79. The van der Waals surface area contributed by atoms with Gasteiger partial charge in [-0.25, -0.2) is 8.78 Å². The molecule has 166 valence electrons. The summed E-state index contributed by atoms with van der Waals surface area (Å²) < 4.78 is 29.4. The third-order valence-corrected chi connectivity index (χ3v) is 5.30. The number of hydrogen-bond acceptors (Lipinski definition) is 4. The molecule has 5 nitrogen and oxygen atoms in total. The van der Waals surface area contributed by atoms with E-state index in [0.29, 0.717) is 5.56 Å². The Morgan fingerprint density at radius 2 is 1.73 bits per heavy atom. The molecular weight excluding hydrogens is 471 g/mol. The first-order valence-corrected chi connectivity index (χ1v) is 10.4. The minimum atomic E-state index is -0.838. The normalized spacial score (nSPS) is 11.5. The Labute approximate surface area is 197 Å². The van der Waals surface area contributed by atoms with Gasteiger partial charge in [-0.1, -0.05) is 34.4 Å². The highest BCUT2D eigenvalue weighted by atomic mass is 35.5. The zero-order valence-electron chi connectivity index (χ0n) is 16.9.